The second-order valence-electron chi connectivity index (χ2n) is 8.57. The summed E-state index contributed by atoms with van der Waals surface area (Å²) in [5.41, 5.74) is 4.93. The largest absolute Gasteiger partial charge is 0.497 e. The monoisotopic (exact) mass is 522 g/mol. The lowest BCUT2D eigenvalue weighted by Gasteiger charge is -2.38. The number of nitrogens with zero attached hydrogens (tertiary/aromatic N) is 4. The molecule has 1 N–H and O–H groups in total. The lowest BCUT2D eigenvalue weighted by atomic mass is 10.0. The molecule has 1 saturated heterocycles. The summed E-state index contributed by atoms with van der Waals surface area (Å²) in [7, 11) is 1.67. The first-order valence-electron chi connectivity index (χ1n) is 11.1. The van der Waals surface area contributed by atoms with Crippen molar-refractivity contribution in [3.8, 4) is 5.75 Å². The Bertz CT molecular complexity index is 1220. The SMILES string of the molecule is COc1ccc(CN2C(=O)c3cccn3C3CN(Cc4scnc4C)CC32)cc1.O=C(O)C(F)(F)F. The molecule has 2 aliphatic heterocycles. The fourth-order valence-corrected chi connectivity index (χ4v) is 5.33. The Kier molecular flexibility index (Phi) is 7.36. The van der Waals surface area contributed by atoms with Crippen LogP contribution in [0.3, 0.4) is 0 Å². The summed E-state index contributed by atoms with van der Waals surface area (Å²) in [4.78, 5) is 32.4. The Hall–Kier alpha value is -3.38. The molecule has 0 saturated carbocycles. The van der Waals surface area contributed by atoms with Crippen molar-refractivity contribution in [2.75, 3.05) is 20.2 Å². The van der Waals surface area contributed by atoms with Gasteiger partial charge in [-0.15, -0.1) is 11.3 Å². The van der Waals surface area contributed by atoms with E-state index in [4.69, 9.17) is 14.6 Å². The van der Waals surface area contributed by atoms with Crippen molar-refractivity contribution in [3.05, 3.63) is 69.9 Å². The molecule has 0 aliphatic carbocycles. The zero-order valence-electron chi connectivity index (χ0n) is 19.6. The number of methoxy groups -OCH3 is 1. The van der Waals surface area contributed by atoms with E-state index in [1.807, 2.05) is 41.9 Å². The number of aryl methyl sites for hydroxylation is 1. The van der Waals surface area contributed by atoms with Crippen LogP contribution in [0.1, 0.15) is 32.7 Å². The van der Waals surface area contributed by atoms with E-state index in [1.165, 1.54) is 4.88 Å². The average Bonchev–Trinajstić information content (AvgIpc) is 3.57. The number of carbonyl (C=O) groups is 2. The van der Waals surface area contributed by atoms with Gasteiger partial charge in [0.1, 0.15) is 11.4 Å². The topological polar surface area (TPSA) is 87.9 Å². The molecule has 5 rings (SSSR count). The highest BCUT2D eigenvalue weighted by molar-refractivity contribution is 7.09. The predicted molar refractivity (Wildman–Crippen MR) is 126 cm³/mol. The number of halogens is 3. The quantitative estimate of drug-likeness (QED) is 0.546. The van der Waals surface area contributed by atoms with Gasteiger partial charge in [-0.25, -0.2) is 9.78 Å². The maximum absolute atomic E-state index is 13.3. The summed E-state index contributed by atoms with van der Waals surface area (Å²) in [5.74, 6) is -1.81. The number of carbonyl (C=O) groups excluding carboxylic acids is 1. The van der Waals surface area contributed by atoms with Crippen LogP contribution in [-0.2, 0) is 17.9 Å². The van der Waals surface area contributed by atoms with Gasteiger partial charge >= 0.3 is 12.1 Å². The molecule has 2 aromatic heterocycles. The first-order valence-corrected chi connectivity index (χ1v) is 12.0. The van der Waals surface area contributed by atoms with Crippen LogP contribution in [0.5, 0.6) is 5.75 Å². The zero-order chi connectivity index (χ0) is 26.0. The standard InChI is InChI=1S/C22H24N4O2S.C2HF3O2/c1-15-21(29-14-23-15)13-24-11-19-20(12-24)26(22(27)18-4-3-9-25(18)19)10-16-5-7-17(28-2)8-6-16;3-2(4,5)1(6)7/h3-9,14,19-20H,10-13H2,1-2H3;(H,6,7). The first kappa shape index (κ1) is 25.7. The molecule has 4 heterocycles. The highest BCUT2D eigenvalue weighted by Crippen LogP contribution is 2.35. The number of amides is 1. The number of alkyl halides is 3. The number of likely N-dealkylation sites (tertiary alicyclic amines) is 1. The normalized spacial score (nSPS) is 19.4. The van der Waals surface area contributed by atoms with Crippen LogP contribution < -0.4 is 4.74 Å². The molecule has 2 unspecified atom stereocenters. The fourth-order valence-electron chi connectivity index (χ4n) is 4.52. The Morgan fingerprint density at radius 1 is 1.17 bits per heavy atom. The number of aromatic nitrogens is 2. The van der Waals surface area contributed by atoms with E-state index >= 15 is 0 Å². The van der Waals surface area contributed by atoms with Crippen molar-refractivity contribution in [3.63, 3.8) is 0 Å². The van der Waals surface area contributed by atoms with Crippen molar-refractivity contribution in [2.45, 2.75) is 38.3 Å². The van der Waals surface area contributed by atoms with E-state index in [0.717, 1.165) is 42.3 Å². The fraction of sp³-hybridized carbons (Fsp3) is 0.375. The summed E-state index contributed by atoms with van der Waals surface area (Å²) in [6.07, 6.45) is -3.03. The lowest BCUT2D eigenvalue weighted by Crippen LogP contribution is -2.49. The number of benzene rings is 1. The molecule has 1 amide bonds. The highest BCUT2D eigenvalue weighted by atomic mass is 32.1. The molecule has 8 nitrogen and oxygen atoms in total. The number of fused-ring (bicyclic) bond motifs is 3. The van der Waals surface area contributed by atoms with Gasteiger partial charge in [0.05, 0.1) is 30.4 Å². The van der Waals surface area contributed by atoms with E-state index in [1.54, 1.807) is 18.4 Å². The van der Waals surface area contributed by atoms with E-state index in [9.17, 15) is 18.0 Å². The number of carboxylic acid groups (broad SMARTS) is 1. The van der Waals surface area contributed by atoms with Crippen molar-refractivity contribution in [1.82, 2.24) is 19.4 Å². The minimum atomic E-state index is -5.08. The highest BCUT2D eigenvalue weighted by Gasteiger charge is 2.45. The van der Waals surface area contributed by atoms with Gasteiger partial charge in [-0.1, -0.05) is 12.1 Å². The number of hydrogen-bond donors (Lipinski definition) is 1. The number of carboxylic acids is 1. The van der Waals surface area contributed by atoms with Crippen molar-refractivity contribution in [1.29, 1.82) is 0 Å². The molecule has 3 aromatic rings. The third-order valence-corrected chi connectivity index (χ3v) is 7.24. The molecule has 0 radical (unpaired) electrons. The molecule has 2 atom stereocenters. The molecule has 192 valence electrons. The molecule has 1 fully saturated rings. The number of ether oxygens (including phenoxy) is 1. The predicted octanol–water partition coefficient (Wildman–Crippen LogP) is 3.98. The Morgan fingerprint density at radius 2 is 1.83 bits per heavy atom. The van der Waals surface area contributed by atoms with Crippen LogP contribution in [0.25, 0.3) is 0 Å². The molecule has 12 heteroatoms. The van der Waals surface area contributed by atoms with Gasteiger partial charge in [0.2, 0.25) is 0 Å². The smallest absolute Gasteiger partial charge is 0.490 e. The van der Waals surface area contributed by atoms with Crippen LogP contribution >= 0.6 is 11.3 Å². The number of thiazole rings is 1. The van der Waals surface area contributed by atoms with Gasteiger partial charge in [-0.05, 0) is 36.8 Å². The van der Waals surface area contributed by atoms with Crippen molar-refractivity contribution < 1.29 is 32.6 Å². The van der Waals surface area contributed by atoms with Gasteiger partial charge in [0.25, 0.3) is 5.91 Å². The minimum absolute atomic E-state index is 0.114. The summed E-state index contributed by atoms with van der Waals surface area (Å²) >= 11 is 1.71. The third kappa shape index (κ3) is 5.39. The Balaban J connectivity index is 0.000000384. The van der Waals surface area contributed by atoms with Crippen LogP contribution in [0.2, 0.25) is 0 Å². The molecular formula is C24H25F3N4O4S. The summed E-state index contributed by atoms with van der Waals surface area (Å²) in [5, 5.41) is 7.12. The molecule has 0 bridgehead atoms. The van der Waals surface area contributed by atoms with Crippen LogP contribution in [0.4, 0.5) is 13.2 Å². The van der Waals surface area contributed by atoms with E-state index < -0.39 is 12.1 Å². The minimum Gasteiger partial charge on any atom is -0.497 e. The summed E-state index contributed by atoms with van der Waals surface area (Å²) in [6, 6.07) is 12.4. The first-order chi connectivity index (χ1) is 17.1. The second kappa shape index (κ2) is 10.3. The number of rotatable bonds is 5. The van der Waals surface area contributed by atoms with Crippen molar-refractivity contribution >= 4 is 23.2 Å². The van der Waals surface area contributed by atoms with Crippen LogP contribution in [-0.4, -0.2) is 68.8 Å². The van der Waals surface area contributed by atoms with E-state index in [-0.39, 0.29) is 18.0 Å². The Labute approximate surface area is 209 Å². The number of aliphatic carboxylic acids is 1. The Morgan fingerprint density at radius 3 is 2.42 bits per heavy atom. The molecule has 0 spiro atoms. The van der Waals surface area contributed by atoms with Gasteiger partial charge < -0.3 is 19.3 Å². The molecule has 36 heavy (non-hydrogen) atoms. The molecule has 2 aliphatic rings. The molecular weight excluding hydrogens is 497 g/mol. The van der Waals surface area contributed by atoms with Crippen LogP contribution in [0.15, 0.2) is 48.1 Å². The van der Waals surface area contributed by atoms with Crippen LogP contribution in [0, 0.1) is 6.92 Å². The summed E-state index contributed by atoms with van der Waals surface area (Å²) < 4.78 is 39.2. The van der Waals surface area contributed by atoms with Gasteiger partial charge in [0.15, 0.2) is 0 Å². The maximum atomic E-state index is 13.3. The van der Waals surface area contributed by atoms with Gasteiger partial charge in [-0.2, -0.15) is 13.2 Å². The molecule has 1 aromatic carbocycles. The third-order valence-electron chi connectivity index (χ3n) is 6.32. The van der Waals surface area contributed by atoms with Gasteiger partial charge in [0, 0.05) is 37.3 Å². The average molecular weight is 523 g/mol. The van der Waals surface area contributed by atoms with Gasteiger partial charge in [-0.3, -0.25) is 9.69 Å². The summed E-state index contributed by atoms with van der Waals surface area (Å²) in [6.45, 7) is 5.39. The van der Waals surface area contributed by atoms with E-state index in [0.29, 0.717) is 6.54 Å². The van der Waals surface area contributed by atoms with Crippen molar-refractivity contribution in [2.24, 2.45) is 0 Å². The second-order valence-corrected chi connectivity index (χ2v) is 9.51. The maximum Gasteiger partial charge on any atom is 0.490 e. The number of hydrogen-bond acceptors (Lipinski definition) is 6. The lowest BCUT2D eigenvalue weighted by molar-refractivity contribution is -0.192. The van der Waals surface area contributed by atoms with E-state index in [2.05, 4.69) is 32.5 Å². The zero-order valence-corrected chi connectivity index (χ0v) is 20.4.